The van der Waals surface area contributed by atoms with E-state index in [1.807, 2.05) is 24.3 Å². The van der Waals surface area contributed by atoms with E-state index in [0.29, 0.717) is 24.8 Å². The fraction of sp³-hybridized carbons (Fsp3) is 0.333. The Balaban J connectivity index is 1.75. The third-order valence-corrected chi connectivity index (χ3v) is 4.81. The van der Waals surface area contributed by atoms with E-state index in [1.54, 1.807) is 0 Å². The van der Waals surface area contributed by atoms with Gasteiger partial charge in [0.15, 0.2) is 5.69 Å². The zero-order chi connectivity index (χ0) is 18.6. The van der Waals surface area contributed by atoms with Gasteiger partial charge in [-0.25, -0.2) is 14.8 Å². The van der Waals surface area contributed by atoms with Gasteiger partial charge >= 0.3 is 5.97 Å². The molecule has 1 amide bonds. The van der Waals surface area contributed by atoms with E-state index in [0.717, 1.165) is 30.8 Å². The fourth-order valence-corrected chi connectivity index (χ4v) is 3.23. The first-order valence-corrected chi connectivity index (χ1v) is 8.55. The summed E-state index contributed by atoms with van der Waals surface area (Å²) in [6.45, 7) is 1.61. The van der Waals surface area contributed by atoms with Crippen molar-refractivity contribution in [1.82, 2.24) is 15.3 Å². The number of hydrogen-bond donors (Lipinski definition) is 2. The van der Waals surface area contributed by atoms with Gasteiger partial charge in [-0.2, -0.15) is 0 Å². The van der Waals surface area contributed by atoms with Crippen LogP contribution in [0, 0.1) is 0 Å². The maximum atomic E-state index is 12.4. The Bertz CT molecular complexity index is 804. The molecule has 2 N–H and O–H groups in total. The molecule has 2 heterocycles. The lowest BCUT2D eigenvalue weighted by Gasteiger charge is -2.38. The molecule has 1 aliphatic rings. The van der Waals surface area contributed by atoms with Gasteiger partial charge in [0.2, 0.25) is 0 Å². The Labute approximate surface area is 155 Å². The first kappa shape index (κ1) is 18.3. The number of benzene rings is 1. The molecule has 3 rings (SSSR count). The second-order valence-corrected chi connectivity index (χ2v) is 6.61. The largest absolute Gasteiger partial charge is 0.476 e. The first-order chi connectivity index (χ1) is 12.5. The molecule has 0 atom stereocenters. The van der Waals surface area contributed by atoms with Crippen LogP contribution in [-0.2, 0) is 10.2 Å². The van der Waals surface area contributed by atoms with Crippen LogP contribution in [0.5, 0.6) is 0 Å². The van der Waals surface area contributed by atoms with E-state index >= 15 is 0 Å². The van der Waals surface area contributed by atoms with E-state index in [4.69, 9.17) is 21.4 Å². The maximum absolute atomic E-state index is 12.4. The summed E-state index contributed by atoms with van der Waals surface area (Å²) in [6, 6.07) is 7.63. The van der Waals surface area contributed by atoms with Crippen LogP contribution < -0.4 is 5.32 Å². The molecule has 0 radical (unpaired) electrons. The lowest BCUT2D eigenvalue weighted by Crippen LogP contribution is -2.44. The quantitative estimate of drug-likeness (QED) is 0.831. The number of aromatic nitrogens is 2. The fourth-order valence-electron chi connectivity index (χ4n) is 3.04. The number of halogens is 1. The zero-order valence-corrected chi connectivity index (χ0v) is 14.7. The highest BCUT2D eigenvalue weighted by molar-refractivity contribution is 6.30. The molecule has 136 valence electrons. The normalized spacial score (nSPS) is 16.0. The number of amides is 1. The van der Waals surface area contributed by atoms with Gasteiger partial charge in [-0.1, -0.05) is 23.7 Å². The Kier molecular flexibility index (Phi) is 5.49. The van der Waals surface area contributed by atoms with Crippen molar-refractivity contribution >= 4 is 23.5 Å². The summed E-state index contributed by atoms with van der Waals surface area (Å²) >= 11 is 6.14. The molecule has 1 aromatic carbocycles. The van der Waals surface area contributed by atoms with Gasteiger partial charge < -0.3 is 15.2 Å². The summed E-state index contributed by atoms with van der Waals surface area (Å²) < 4.78 is 5.48. The number of aromatic carboxylic acids is 1. The van der Waals surface area contributed by atoms with Gasteiger partial charge in [-0.3, -0.25) is 4.79 Å². The Morgan fingerprint density at radius 2 is 1.88 bits per heavy atom. The zero-order valence-electron chi connectivity index (χ0n) is 13.9. The lowest BCUT2D eigenvalue weighted by molar-refractivity contribution is 0.0486. The summed E-state index contributed by atoms with van der Waals surface area (Å²) in [5.74, 6) is -1.59. The minimum absolute atomic E-state index is 0.0725. The van der Waals surface area contributed by atoms with Crippen molar-refractivity contribution in [2.75, 3.05) is 19.8 Å². The van der Waals surface area contributed by atoms with E-state index < -0.39 is 11.9 Å². The van der Waals surface area contributed by atoms with Crippen LogP contribution in [-0.4, -0.2) is 46.7 Å². The van der Waals surface area contributed by atoms with Crippen molar-refractivity contribution in [1.29, 1.82) is 0 Å². The smallest absolute Gasteiger partial charge is 0.356 e. The lowest BCUT2D eigenvalue weighted by atomic mass is 9.74. The number of carboxylic acid groups (broad SMARTS) is 1. The molecule has 0 bridgehead atoms. The second-order valence-electron chi connectivity index (χ2n) is 6.18. The van der Waals surface area contributed by atoms with Crippen molar-refractivity contribution in [2.45, 2.75) is 18.3 Å². The van der Waals surface area contributed by atoms with Crippen molar-refractivity contribution in [3.05, 3.63) is 58.6 Å². The highest BCUT2D eigenvalue weighted by Crippen LogP contribution is 2.35. The van der Waals surface area contributed by atoms with Crippen LogP contribution in [0.25, 0.3) is 0 Å². The first-order valence-electron chi connectivity index (χ1n) is 8.17. The van der Waals surface area contributed by atoms with Gasteiger partial charge in [-0.15, -0.1) is 0 Å². The summed E-state index contributed by atoms with van der Waals surface area (Å²) in [5.41, 5.74) is 0.651. The predicted octanol–water partition coefficient (Wildman–Crippen LogP) is 2.31. The van der Waals surface area contributed by atoms with Gasteiger partial charge in [0.25, 0.3) is 5.91 Å². The summed E-state index contributed by atoms with van der Waals surface area (Å²) in [4.78, 5) is 30.8. The average molecular weight is 376 g/mol. The molecule has 1 fully saturated rings. The molecule has 1 aromatic heterocycles. The van der Waals surface area contributed by atoms with Gasteiger partial charge in [0, 0.05) is 30.2 Å². The number of carbonyl (C=O) groups excluding carboxylic acids is 1. The van der Waals surface area contributed by atoms with Crippen LogP contribution >= 0.6 is 11.6 Å². The van der Waals surface area contributed by atoms with Gasteiger partial charge in [0.1, 0.15) is 5.69 Å². The number of nitrogens with zero attached hydrogens (tertiary/aromatic N) is 2. The Morgan fingerprint density at radius 3 is 2.50 bits per heavy atom. The number of ether oxygens (including phenoxy) is 1. The third-order valence-electron chi connectivity index (χ3n) is 4.58. The maximum Gasteiger partial charge on any atom is 0.356 e. The monoisotopic (exact) mass is 375 g/mol. The summed E-state index contributed by atoms with van der Waals surface area (Å²) in [5, 5.41) is 12.4. The van der Waals surface area contributed by atoms with E-state index in [9.17, 15) is 9.59 Å². The molecule has 0 saturated carbocycles. The van der Waals surface area contributed by atoms with Crippen molar-refractivity contribution in [3.8, 4) is 0 Å². The van der Waals surface area contributed by atoms with Crippen LogP contribution in [0.2, 0.25) is 5.02 Å². The second kappa shape index (κ2) is 7.80. The molecule has 1 saturated heterocycles. The summed E-state index contributed by atoms with van der Waals surface area (Å²) in [6.07, 6.45) is 3.75. The highest BCUT2D eigenvalue weighted by atomic mass is 35.5. The standard InChI is InChI=1S/C18H18ClN3O4/c19-13-3-1-2-12(8-13)18(4-6-26-7-5-18)11-22-16(23)14-9-21-15(10-20-14)17(24)25/h1-3,8-10H,4-7,11H2,(H,22,23)(H,24,25). The minimum Gasteiger partial charge on any atom is -0.476 e. The SMILES string of the molecule is O=C(O)c1cnc(C(=O)NCC2(c3cccc(Cl)c3)CCOCC2)cn1. The van der Waals surface area contributed by atoms with Crippen molar-refractivity contribution in [2.24, 2.45) is 0 Å². The molecular formula is C18H18ClN3O4. The van der Waals surface area contributed by atoms with E-state index in [2.05, 4.69) is 15.3 Å². The predicted molar refractivity (Wildman–Crippen MR) is 94.5 cm³/mol. The van der Waals surface area contributed by atoms with Crippen LogP contribution in [0.1, 0.15) is 39.4 Å². The van der Waals surface area contributed by atoms with Gasteiger partial charge in [0.05, 0.1) is 12.4 Å². The van der Waals surface area contributed by atoms with Crippen LogP contribution in [0.4, 0.5) is 0 Å². The Hall–Kier alpha value is -2.51. The molecule has 0 unspecified atom stereocenters. The van der Waals surface area contributed by atoms with Crippen LogP contribution in [0.3, 0.4) is 0 Å². The number of rotatable bonds is 5. The van der Waals surface area contributed by atoms with Crippen molar-refractivity contribution in [3.63, 3.8) is 0 Å². The molecule has 7 nitrogen and oxygen atoms in total. The number of carbonyl (C=O) groups is 2. The highest BCUT2D eigenvalue weighted by Gasteiger charge is 2.35. The molecule has 0 spiro atoms. The molecule has 2 aromatic rings. The number of nitrogens with one attached hydrogen (secondary N) is 1. The molecule has 1 aliphatic heterocycles. The topological polar surface area (TPSA) is 101 Å². The van der Waals surface area contributed by atoms with Gasteiger partial charge in [-0.05, 0) is 30.5 Å². The molecule has 26 heavy (non-hydrogen) atoms. The van der Waals surface area contributed by atoms with Crippen molar-refractivity contribution < 1.29 is 19.4 Å². The Morgan fingerprint density at radius 1 is 1.19 bits per heavy atom. The van der Waals surface area contributed by atoms with E-state index in [-0.39, 0.29) is 16.8 Å². The van der Waals surface area contributed by atoms with E-state index in [1.165, 1.54) is 0 Å². The molecule has 8 heteroatoms. The summed E-state index contributed by atoms with van der Waals surface area (Å²) in [7, 11) is 0. The van der Waals surface area contributed by atoms with Crippen LogP contribution in [0.15, 0.2) is 36.7 Å². The number of carboxylic acids is 1. The minimum atomic E-state index is -1.19. The molecular weight excluding hydrogens is 358 g/mol. The third kappa shape index (κ3) is 4.00. The number of hydrogen-bond acceptors (Lipinski definition) is 5. The average Bonchev–Trinajstić information content (AvgIpc) is 2.67. The molecule has 0 aliphatic carbocycles.